The van der Waals surface area contributed by atoms with Gasteiger partial charge in [0.15, 0.2) is 0 Å². The average molecular weight is 291 g/mol. The zero-order valence-corrected chi connectivity index (χ0v) is 12.9. The van der Waals surface area contributed by atoms with E-state index in [1.807, 2.05) is 0 Å². The molecule has 0 radical (unpaired) electrons. The van der Waals surface area contributed by atoms with E-state index in [0.717, 1.165) is 55.5 Å². The van der Waals surface area contributed by atoms with Gasteiger partial charge in [0.1, 0.15) is 16.5 Å². The van der Waals surface area contributed by atoms with E-state index < -0.39 is 0 Å². The predicted octanol–water partition coefficient (Wildman–Crippen LogP) is 3.58. The fourth-order valence-corrected chi connectivity index (χ4v) is 3.44. The second-order valence-electron chi connectivity index (χ2n) is 5.20. The highest BCUT2D eigenvalue weighted by Crippen LogP contribution is 2.32. The topological polar surface area (TPSA) is 47.0 Å². The molecule has 3 rings (SSSR count). The molecule has 0 aliphatic carbocycles. The van der Waals surface area contributed by atoms with Gasteiger partial charge >= 0.3 is 0 Å². The van der Waals surface area contributed by atoms with Gasteiger partial charge in [-0.05, 0) is 25.3 Å². The molecule has 0 aromatic carbocycles. The lowest BCUT2D eigenvalue weighted by molar-refractivity contribution is 0.193. The number of hydrogen-bond donors (Lipinski definition) is 1. The van der Waals surface area contributed by atoms with Crippen LogP contribution in [0.3, 0.4) is 0 Å². The number of ether oxygens (including phenoxy) is 1. The highest BCUT2D eigenvalue weighted by Gasteiger charge is 2.22. The third kappa shape index (κ3) is 2.65. The first kappa shape index (κ1) is 13.8. The summed E-state index contributed by atoms with van der Waals surface area (Å²) in [5.74, 6) is 2.29. The summed E-state index contributed by atoms with van der Waals surface area (Å²) in [5.41, 5.74) is 0. The molecule has 1 aliphatic rings. The molecule has 1 unspecified atom stereocenters. The summed E-state index contributed by atoms with van der Waals surface area (Å²) in [6, 6.07) is 2.23. The Bertz CT molecular complexity index is 590. The summed E-state index contributed by atoms with van der Waals surface area (Å²) in [7, 11) is 0. The number of aromatic nitrogens is 2. The van der Waals surface area contributed by atoms with E-state index in [1.165, 1.54) is 10.3 Å². The third-order valence-electron chi connectivity index (χ3n) is 3.65. The van der Waals surface area contributed by atoms with Gasteiger partial charge < -0.3 is 10.1 Å². The molecule has 0 bridgehead atoms. The van der Waals surface area contributed by atoms with Crippen molar-refractivity contribution in [1.82, 2.24) is 9.97 Å². The summed E-state index contributed by atoms with van der Waals surface area (Å²) in [6.07, 6.45) is 3.18. The molecule has 0 amide bonds. The minimum Gasteiger partial charge on any atom is -0.381 e. The minimum absolute atomic E-state index is 0.355. The van der Waals surface area contributed by atoms with Crippen molar-refractivity contribution in [3.8, 4) is 0 Å². The van der Waals surface area contributed by atoms with Gasteiger partial charge in [0, 0.05) is 23.9 Å². The van der Waals surface area contributed by atoms with Crippen LogP contribution in [0.1, 0.15) is 43.3 Å². The molecule has 2 aromatic heterocycles. The van der Waals surface area contributed by atoms with E-state index in [2.05, 4.69) is 25.2 Å². The van der Waals surface area contributed by atoms with Crippen molar-refractivity contribution < 1.29 is 4.74 Å². The van der Waals surface area contributed by atoms with Gasteiger partial charge in [-0.1, -0.05) is 13.8 Å². The van der Waals surface area contributed by atoms with Crippen LogP contribution >= 0.6 is 11.3 Å². The molecule has 1 aliphatic heterocycles. The van der Waals surface area contributed by atoms with E-state index in [-0.39, 0.29) is 0 Å². The summed E-state index contributed by atoms with van der Waals surface area (Å²) >= 11 is 1.79. The normalized spacial score (nSPS) is 18.8. The first-order valence-electron chi connectivity index (χ1n) is 7.43. The monoisotopic (exact) mass is 291 g/mol. The zero-order valence-electron chi connectivity index (χ0n) is 12.1. The van der Waals surface area contributed by atoms with Crippen LogP contribution < -0.4 is 5.32 Å². The van der Waals surface area contributed by atoms with Crippen LogP contribution in [0.4, 0.5) is 5.82 Å². The van der Waals surface area contributed by atoms with Gasteiger partial charge in [-0.3, -0.25) is 0 Å². The van der Waals surface area contributed by atoms with Crippen molar-refractivity contribution in [3.63, 3.8) is 0 Å². The van der Waals surface area contributed by atoms with Gasteiger partial charge in [0.25, 0.3) is 0 Å². The molecule has 0 spiro atoms. The number of hydrogen-bond acceptors (Lipinski definition) is 5. The Hall–Kier alpha value is -1.20. The number of anilines is 1. The molecule has 3 heterocycles. The number of nitrogens with one attached hydrogen (secondary N) is 1. The van der Waals surface area contributed by atoms with Crippen molar-refractivity contribution in [2.45, 2.75) is 39.0 Å². The van der Waals surface area contributed by atoms with E-state index in [1.54, 1.807) is 11.3 Å². The van der Waals surface area contributed by atoms with E-state index in [9.17, 15) is 0 Å². The van der Waals surface area contributed by atoms with Gasteiger partial charge in [-0.2, -0.15) is 0 Å². The first-order chi connectivity index (χ1) is 9.81. The molecule has 0 saturated carbocycles. The van der Waals surface area contributed by atoms with Crippen molar-refractivity contribution in [2.24, 2.45) is 0 Å². The van der Waals surface area contributed by atoms with Gasteiger partial charge in [0.05, 0.1) is 12.0 Å². The standard InChI is InChI=1S/C15H21N3OS/c1-3-6-16-14-12-8-11(4-2)20-15(12)18-13(17-14)10-5-7-19-9-10/h8,10H,3-7,9H2,1-2H3,(H,16,17,18). The summed E-state index contributed by atoms with van der Waals surface area (Å²) in [6.45, 7) is 6.88. The molecular weight excluding hydrogens is 270 g/mol. The predicted molar refractivity (Wildman–Crippen MR) is 83.8 cm³/mol. The van der Waals surface area contributed by atoms with Crippen LogP contribution in [-0.4, -0.2) is 29.7 Å². The Morgan fingerprint density at radius 2 is 2.30 bits per heavy atom. The quantitative estimate of drug-likeness (QED) is 0.914. The van der Waals surface area contributed by atoms with Crippen LogP contribution in [-0.2, 0) is 11.2 Å². The van der Waals surface area contributed by atoms with Crippen LogP contribution in [0, 0.1) is 0 Å². The van der Waals surface area contributed by atoms with Crippen LogP contribution in [0.25, 0.3) is 10.2 Å². The largest absolute Gasteiger partial charge is 0.381 e. The molecule has 1 saturated heterocycles. The molecule has 1 N–H and O–H groups in total. The van der Waals surface area contributed by atoms with Crippen molar-refractivity contribution in [3.05, 3.63) is 16.8 Å². The minimum atomic E-state index is 0.355. The third-order valence-corrected chi connectivity index (χ3v) is 4.82. The van der Waals surface area contributed by atoms with Crippen LogP contribution in [0.2, 0.25) is 0 Å². The maximum absolute atomic E-state index is 5.47. The van der Waals surface area contributed by atoms with Crippen molar-refractivity contribution in [1.29, 1.82) is 0 Å². The number of fused-ring (bicyclic) bond motifs is 1. The van der Waals surface area contributed by atoms with Crippen LogP contribution in [0.5, 0.6) is 0 Å². The lowest BCUT2D eigenvalue weighted by atomic mass is 10.1. The van der Waals surface area contributed by atoms with Gasteiger partial charge in [0.2, 0.25) is 0 Å². The highest BCUT2D eigenvalue weighted by atomic mass is 32.1. The summed E-state index contributed by atoms with van der Waals surface area (Å²) in [4.78, 5) is 12.0. The maximum Gasteiger partial charge on any atom is 0.138 e. The smallest absolute Gasteiger partial charge is 0.138 e. The van der Waals surface area contributed by atoms with Crippen LogP contribution in [0.15, 0.2) is 6.07 Å². The summed E-state index contributed by atoms with van der Waals surface area (Å²) < 4.78 is 5.47. The fraction of sp³-hybridized carbons (Fsp3) is 0.600. The summed E-state index contributed by atoms with van der Waals surface area (Å²) in [5, 5.41) is 4.62. The molecule has 2 aromatic rings. The van der Waals surface area contributed by atoms with Crippen molar-refractivity contribution >= 4 is 27.4 Å². The Labute approximate surface area is 123 Å². The first-order valence-corrected chi connectivity index (χ1v) is 8.25. The fourth-order valence-electron chi connectivity index (χ4n) is 2.46. The van der Waals surface area contributed by atoms with Crippen molar-refractivity contribution in [2.75, 3.05) is 25.1 Å². The van der Waals surface area contributed by atoms with Gasteiger partial charge in [-0.25, -0.2) is 9.97 Å². The lowest BCUT2D eigenvalue weighted by Gasteiger charge is -2.10. The number of thiophene rings is 1. The average Bonchev–Trinajstić information content (AvgIpc) is 3.12. The number of rotatable bonds is 5. The maximum atomic E-state index is 5.47. The molecule has 1 atom stereocenters. The Balaban J connectivity index is 2.03. The van der Waals surface area contributed by atoms with E-state index in [4.69, 9.17) is 14.7 Å². The van der Waals surface area contributed by atoms with Gasteiger partial charge in [-0.15, -0.1) is 11.3 Å². The second-order valence-corrected chi connectivity index (χ2v) is 6.32. The zero-order chi connectivity index (χ0) is 13.9. The molecule has 4 nitrogen and oxygen atoms in total. The number of nitrogens with zero attached hydrogens (tertiary/aromatic N) is 2. The Morgan fingerprint density at radius 1 is 1.40 bits per heavy atom. The second kappa shape index (κ2) is 6.06. The molecule has 1 fully saturated rings. The number of aryl methyl sites for hydroxylation is 1. The van der Waals surface area contributed by atoms with E-state index in [0.29, 0.717) is 5.92 Å². The lowest BCUT2D eigenvalue weighted by Crippen LogP contribution is -2.09. The molecule has 108 valence electrons. The molecular formula is C15H21N3OS. The highest BCUT2D eigenvalue weighted by molar-refractivity contribution is 7.18. The van der Waals surface area contributed by atoms with E-state index >= 15 is 0 Å². The molecule has 5 heteroatoms. The SMILES string of the molecule is CCCNc1nc(C2CCOC2)nc2sc(CC)cc12. The Kier molecular flexibility index (Phi) is 4.17. The molecule has 20 heavy (non-hydrogen) atoms. The Morgan fingerprint density at radius 3 is 3.00 bits per heavy atom.